The zero-order valence-corrected chi connectivity index (χ0v) is 11.7. The quantitative estimate of drug-likeness (QED) is 0.596. The molecular weight excluding hydrogens is 250 g/mol. The molecule has 0 saturated heterocycles. The molecule has 19 heavy (non-hydrogen) atoms. The lowest BCUT2D eigenvalue weighted by atomic mass is 10.1. The van der Waals surface area contributed by atoms with Crippen molar-refractivity contribution in [1.82, 2.24) is 15.5 Å². The normalized spacial score (nSPS) is 11.5. The number of rotatable bonds is 8. The molecule has 0 radical (unpaired) electrons. The van der Waals surface area contributed by atoms with E-state index in [-0.39, 0.29) is 18.9 Å². The van der Waals surface area contributed by atoms with Crippen LogP contribution in [0.3, 0.4) is 0 Å². The standard InChI is InChI=1S/C12H23N3O4/c1-4-6-9(7-11(17)18)14-12(19)15(5-2)8-10(16)13-3/h9H,4-8H2,1-3H3,(H,13,16)(H,14,19)(H,17,18). The van der Waals surface area contributed by atoms with Crippen molar-refractivity contribution in [2.75, 3.05) is 20.1 Å². The van der Waals surface area contributed by atoms with Crippen molar-refractivity contribution in [3.05, 3.63) is 0 Å². The van der Waals surface area contributed by atoms with Gasteiger partial charge in [0.05, 0.1) is 6.42 Å². The van der Waals surface area contributed by atoms with Gasteiger partial charge < -0.3 is 20.6 Å². The highest BCUT2D eigenvalue weighted by Gasteiger charge is 2.20. The van der Waals surface area contributed by atoms with Crippen molar-refractivity contribution in [1.29, 1.82) is 0 Å². The van der Waals surface area contributed by atoms with E-state index >= 15 is 0 Å². The highest BCUT2D eigenvalue weighted by Crippen LogP contribution is 2.03. The summed E-state index contributed by atoms with van der Waals surface area (Å²) in [5.74, 6) is -1.21. The predicted octanol–water partition coefficient (Wildman–Crippen LogP) is 0.407. The van der Waals surface area contributed by atoms with Crippen molar-refractivity contribution in [2.45, 2.75) is 39.2 Å². The summed E-state index contributed by atoms with van der Waals surface area (Å²) in [6.07, 6.45) is 1.26. The van der Waals surface area contributed by atoms with E-state index in [1.807, 2.05) is 6.92 Å². The van der Waals surface area contributed by atoms with Crippen LogP contribution in [-0.2, 0) is 9.59 Å². The number of carboxylic acid groups (broad SMARTS) is 1. The molecule has 0 aromatic heterocycles. The molecule has 0 aliphatic rings. The van der Waals surface area contributed by atoms with Crippen LogP contribution in [0.15, 0.2) is 0 Å². The van der Waals surface area contributed by atoms with Crippen LogP contribution in [0.4, 0.5) is 4.79 Å². The van der Waals surface area contributed by atoms with E-state index in [4.69, 9.17) is 5.11 Å². The summed E-state index contributed by atoms with van der Waals surface area (Å²) >= 11 is 0. The molecule has 0 aromatic rings. The van der Waals surface area contributed by atoms with E-state index in [9.17, 15) is 14.4 Å². The number of carboxylic acids is 1. The Labute approximate surface area is 113 Å². The summed E-state index contributed by atoms with van der Waals surface area (Å²) in [6, 6.07) is -0.820. The second-order valence-corrected chi connectivity index (χ2v) is 4.22. The van der Waals surface area contributed by atoms with Gasteiger partial charge in [-0.2, -0.15) is 0 Å². The first-order valence-electron chi connectivity index (χ1n) is 6.42. The SMILES string of the molecule is CCCC(CC(=O)O)NC(=O)N(CC)CC(=O)NC. The Balaban J connectivity index is 4.49. The van der Waals surface area contributed by atoms with Crippen molar-refractivity contribution in [3.8, 4) is 0 Å². The van der Waals surface area contributed by atoms with Crippen LogP contribution in [0.25, 0.3) is 0 Å². The van der Waals surface area contributed by atoms with Gasteiger partial charge in [-0.3, -0.25) is 9.59 Å². The summed E-state index contributed by atoms with van der Waals surface area (Å²) in [4.78, 5) is 35.2. The minimum atomic E-state index is -0.951. The van der Waals surface area contributed by atoms with Crippen LogP contribution in [0.1, 0.15) is 33.1 Å². The molecule has 7 heteroatoms. The van der Waals surface area contributed by atoms with Gasteiger partial charge in [0, 0.05) is 19.6 Å². The molecule has 0 saturated carbocycles. The summed E-state index contributed by atoms with van der Waals surface area (Å²) in [5, 5.41) is 13.9. The lowest BCUT2D eigenvalue weighted by Crippen LogP contribution is -2.48. The molecular formula is C12H23N3O4. The first-order chi connectivity index (χ1) is 8.94. The molecule has 0 bridgehead atoms. The molecule has 3 N–H and O–H groups in total. The maximum Gasteiger partial charge on any atom is 0.318 e. The number of carbonyl (C=O) groups is 3. The Morgan fingerprint density at radius 2 is 1.89 bits per heavy atom. The van der Waals surface area contributed by atoms with E-state index in [0.717, 1.165) is 6.42 Å². The lowest BCUT2D eigenvalue weighted by molar-refractivity contribution is -0.137. The van der Waals surface area contributed by atoms with Gasteiger partial charge in [0.15, 0.2) is 0 Å². The molecule has 0 aromatic carbocycles. The molecule has 0 spiro atoms. The fraction of sp³-hybridized carbons (Fsp3) is 0.750. The Morgan fingerprint density at radius 1 is 1.26 bits per heavy atom. The topological polar surface area (TPSA) is 98.7 Å². The molecule has 1 atom stereocenters. The highest BCUT2D eigenvalue weighted by atomic mass is 16.4. The molecule has 110 valence electrons. The van der Waals surface area contributed by atoms with E-state index in [1.54, 1.807) is 6.92 Å². The predicted molar refractivity (Wildman–Crippen MR) is 70.8 cm³/mol. The van der Waals surface area contributed by atoms with Crippen LogP contribution < -0.4 is 10.6 Å². The second-order valence-electron chi connectivity index (χ2n) is 4.22. The van der Waals surface area contributed by atoms with Gasteiger partial charge in [-0.1, -0.05) is 13.3 Å². The number of hydrogen-bond donors (Lipinski definition) is 3. The van der Waals surface area contributed by atoms with E-state index in [2.05, 4.69) is 10.6 Å². The third kappa shape index (κ3) is 7.28. The summed E-state index contributed by atoms with van der Waals surface area (Å²) in [6.45, 7) is 4.02. The molecule has 0 heterocycles. The number of nitrogens with zero attached hydrogens (tertiary/aromatic N) is 1. The van der Waals surface area contributed by atoms with E-state index in [1.165, 1.54) is 11.9 Å². The zero-order valence-electron chi connectivity index (χ0n) is 11.7. The molecule has 0 aliphatic carbocycles. The smallest absolute Gasteiger partial charge is 0.318 e. The van der Waals surface area contributed by atoms with Crippen molar-refractivity contribution < 1.29 is 19.5 Å². The Bertz CT molecular complexity index is 320. The van der Waals surface area contributed by atoms with Gasteiger partial charge in [0.2, 0.25) is 5.91 Å². The van der Waals surface area contributed by atoms with Crippen LogP contribution in [0.5, 0.6) is 0 Å². The number of hydrogen-bond acceptors (Lipinski definition) is 3. The number of aliphatic carboxylic acids is 1. The van der Waals surface area contributed by atoms with Gasteiger partial charge in [0.25, 0.3) is 0 Å². The largest absolute Gasteiger partial charge is 0.481 e. The number of carbonyl (C=O) groups excluding carboxylic acids is 2. The van der Waals surface area contributed by atoms with Crippen LogP contribution in [0.2, 0.25) is 0 Å². The van der Waals surface area contributed by atoms with Crippen molar-refractivity contribution in [2.24, 2.45) is 0 Å². The molecule has 0 aliphatic heterocycles. The third-order valence-electron chi connectivity index (χ3n) is 2.67. The minimum Gasteiger partial charge on any atom is -0.481 e. The van der Waals surface area contributed by atoms with Gasteiger partial charge in [-0.05, 0) is 13.3 Å². The average molecular weight is 273 g/mol. The summed E-state index contributed by atoms with van der Waals surface area (Å²) in [5.41, 5.74) is 0. The monoisotopic (exact) mass is 273 g/mol. The first-order valence-corrected chi connectivity index (χ1v) is 6.42. The molecule has 0 fully saturated rings. The average Bonchev–Trinajstić information content (AvgIpc) is 2.34. The second kappa shape index (κ2) is 9.18. The highest BCUT2D eigenvalue weighted by molar-refractivity contribution is 5.84. The number of nitrogens with one attached hydrogen (secondary N) is 2. The van der Waals surface area contributed by atoms with Gasteiger partial charge >= 0.3 is 12.0 Å². The number of amides is 3. The summed E-state index contributed by atoms with van der Waals surface area (Å²) in [7, 11) is 1.50. The maximum atomic E-state index is 11.9. The van der Waals surface area contributed by atoms with E-state index < -0.39 is 18.0 Å². The fourth-order valence-corrected chi connectivity index (χ4v) is 1.63. The van der Waals surface area contributed by atoms with Crippen molar-refractivity contribution >= 4 is 17.9 Å². The van der Waals surface area contributed by atoms with Gasteiger partial charge in [0.1, 0.15) is 6.54 Å². The Hall–Kier alpha value is -1.79. The lowest BCUT2D eigenvalue weighted by Gasteiger charge is -2.24. The van der Waals surface area contributed by atoms with Crippen LogP contribution >= 0.6 is 0 Å². The van der Waals surface area contributed by atoms with Crippen molar-refractivity contribution in [3.63, 3.8) is 0 Å². The molecule has 3 amide bonds. The number of likely N-dealkylation sites (N-methyl/N-ethyl adjacent to an activating group) is 2. The minimum absolute atomic E-state index is 0.0370. The number of urea groups is 1. The van der Waals surface area contributed by atoms with Crippen LogP contribution in [-0.4, -0.2) is 54.1 Å². The Morgan fingerprint density at radius 3 is 2.32 bits per heavy atom. The fourth-order valence-electron chi connectivity index (χ4n) is 1.63. The van der Waals surface area contributed by atoms with E-state index in [0.29, 0.717) is 13.0 Å². The molecule has 7 nitrogen and oxygen atoms in total. The molecule has 1 unspecified atom stereocenters. The first kappa shape index (κ1) is 17.2. The molecule has 0 rings (SSSR count). The Kier molecular flexibility index (Phi) is 8.32. The van der Waals surface area contributed by atoms with Crippen LogP contribution in [0, 0.1) is 0 Å². The summed E-state index contributed by atoms with van der Waals surface area (Å²) < 4.78 is 0. The van der Waals surface area contributed by atoms with Gasteiger partial charge in [-0.15, -0.1) is 0 Å². The zero-order chi connectivity index (χ0) is 14.8. The third-order valence-corrected chi connectivity index (χ3v) is 2.67. The maximum absolute atomic E-state index is 11.9. The van der Waals surface area contributed by atoms with Gasteiger partial charge in [-0.25, -0.2) is 4.79 Å².